The molecule has 1 aliphatic rings. The van der Waals surface area contributed by atoms with Crippen LogP contribution in [0.4, 0.5) is 0 Å². The maximum atomic E-state index is 11.1. The van der Waals surface area contributed by atoms with Gasteiger partial charge in [0.05, 0.1) is 0 Å². The molecule has 0 bridgehead atoms. The molecule has 1 aromatic heterocycles. The summed E-state index contributed by atoms with van der Waals surface area (Å²) in [6.45, 7) is 3.57. The van der Waals surface area contributed by atoms with Crippen LogP contribution < -0.4 is 0 Å². The molecule has 0 aromatic carbocycles. The number of nitrogens with zero attached hydrogens (tertiary/aromatic N) is 2. The van der Waals surface area contributed by atoms with E-state index >= 15 is 0 Å². The smallest absolute Gasteiger partial charge is 0.178 e. The summed E-state index contributed by atoms with van der Waals surface area (Å²) in [6, 6.07) is 1.94. The fourth-order valence-corrected chi connectivity index (χ4v) is 1.77. The molecule has 0 saturated carbocycles. The number of hydrogen-bond donors (Lipinski definition) is 0. The Morgan fingerprint density at radius 3 is 3.00 bits per heavy atom. The highest BCUT2D eigenvalue weighted by Gasteiger charge is 2.14. The third-order valence-corrected chi connectivity index (χ3v) is 2.65. The van der Waals surface area contributed by atoms with Gasteiger partial charge in [-0.2, -0.15) is 0 Å². The number of pyridine rings is 1. The number of carbonyl (C=O) groups is 1. The van der Waals surface area contributed by atoms with E-state index in [-0.39, 0.29) is 5.78 Å². The Morgan fingerprint density at radius 2 is 2.29 bits per heavy atom. The van der Waals surface area contributed by atoms with Crippen LogP contribution in [-0.4, -0.2) is 29.3 Å². The summed E-state index contributed by atoms with van der Waals surface area (Å²) < 4.78 is 0. The number of hydrogen-bond acceptors (Lipinski definition) is 3. The Morgan fingerprint density at radius 1 is 1.50 bits per heavy atom. The van der Waals surface area contributed by atoms with Gasteiger partial charge < -0.3 is 4.90 Å². The van der Waals surface area contributed by atoms with Crippen molar-refractivity contribution >= 4 is 5.78 Å². The predicted octanol–water partition coefficient (Wildman–Crippen LogP) is 1.27. The lowest BCUT2D eigenvalue weighted by Gasteiger charge is -2.24. The first-order valence-electron chi connectivity index (χ1n) is 4.84. The molecule has 14 heavy (non-hydrogen) atoms. The number of ketones is 1. The van der Waals surface area contributed by atoms with Crippen LogP contribution in [0.2, 0.25) is 0 Å². The minimum Gasteiger partial charge on any atom is -0.302 e. The molecule has 0 spiro atoms. The van der Waals surface area contributed by atoms with E-state index in [9.17, 15) is 4.79 Å². The molecule has 0 atom stereocenters. The topological polar surface area (TPSA) is 33.2 Å². The van der Waals surface area contributed by atoms with Crippen LogP contribution in [0.25, 0.3) is 0 Å². The van der Waals surface area contributed by atoms with Crippen LogP contribution >= 0.6 is 0 Å². The molecule has 0 N–H and O–H groups in total. The van der Waals surface area contributed by atoms with E-state index in [0.29, 0.717) is 5.69 Å². The summed E-state index contributed by atoms with van der Waals surface area (Å²) in [6.07, 6.45) is 2.86. The second-order valence-electron chi connectivity index (χ2n) is 3.88. The van der Waals surface area contributed by atoms with Crippen LogP contribution in [0.15, 0.2) is 12.3 Å². The molecule has 3 heteroatoms. The van der Waals surface area contributed by atoms with Gasteiger partial charge in [-0.3, -0.25) is 9.78 Å². The Bertz CT molecular complexity index is 374. The van der Waals surface area contributed by atoms with Crippen LogP contribution in [0.5, 0.6) is 0 Å². The number of fused-ring (bicyclic) bond motifs is 1. The van der Waals surface area contributed by atoms with Gasteiger partial charge in [0, 0.05) is 26.2 Å². The van der Waals surface area contributed by atoms with Gasteiger partial charge in [0.15, 0.2) is 5.78 Å². The van der Waals surface area contributed by atoms with E-state index < -0.39 is 0 Å². The third kappa shape index (κ3) is 1.68. The van der Waals surface area contributed by atoms with E-state index in [1.54, 1.807) is 6.92 Å². The van der Waals surface area contributed by atoms with Crippen LogP contribution in [0.1, 0.15) is 28.5 Å². The van der Waals surface area contributed by atoms with Gasteiger partial charge in [-0.25, -0.2) is 0 Å². The average Bonchev–Trinajstić information content (AvgIpc) is 2.16. The van der Waals surface area contributed by atoms with Gasteiger partial charge in [-0.15, -0.1) is 0 Å². The lowest BCUT2D eigenvalue weighted by atomic mass is 10.0. The van der Waals surface area contributed by atoms with Gasteiger partial charge >= 0.3 is 0 Å². The van der Waals surface area contributed by atoms with Crippen molar-refractivity contribution in [3.63, 3.8) is 0 Å². The van der Waals surface area contributed by atoms with Crippen molar-refractivity contribution in [3.8, 4) is 0 Å². The zero-order valence-corrected chi connectivity index (χ0v) is 8.58. The lowest BCUT2D eigenvalue weighted by molar-refractivity contribution is 0.101. The maximum Gasteiger partial charge on any atom is 0.178 e. The third-order valence-electron chi connectivity index (χ3n) is 2.65. The minimum atomic E-state index is 0.0479. The maximum absolute atomic E-state index is 11.1. The van der Waals surface area contributed by atoms with Crippen molar-refractivity contribution in [2.45, 2.75) is 19.9 Å². The van der Waals surface area contributed by atoms with E-state index in [1.807, 2.05) is 12.3 Å². The molecular formula is C11H14N2O. The lowest BCUT2D eigenvalue weighted by Crippen LogP contribution is -2.27. The normalized spacial score (nSPS) is 16.4. The first kappa shape index (κ1) is 9.34. The zero-order chi connectivity index (χ0) is 10.1. The number of likely N-dealkylation sites (N-methyl/N-ethyl adjacent to an activating group) is 1. The highest BCUT2D eigenvalue weighted by atomic mass is 16.1. The molecule has 3 nitrogen and oxygen atoms in total. The van der Waals surface area contributed by atoms with Crippen molar-refractivity contribution in [2.24, 2.45) is 0 Å². The fourth-order valence-electron chi connectivity index (χ4n) is 1.77. The number of rotatable bonds is 1. The Labute approximate surface area is 83.8 Å². The summed E-state index contributed by atoms with van der Waals surface area (Å²) in [5.74, 6) is 0.0479. The summed E-state index contributed by atoms with van der Waals surface area (Å²) >= 11 is 0. The van der Waals surface area contributed by atoms with E-state index in [2.05, 4.69) is 16.9 Å². The standard InChI is InChI=1S/C11H14N2O/c1-8(14)11-5-9-3-4-13(2)7-10(9)6-12-11/h5-6H,3-4,7H2,1-2H3. The number of Topliss-reactive ketones (excluding diaryl/α,β-unsaturated/α-hetero) is 1. The number of carbonyl (C=O) groups excluding carboxylic acids is 1. The molecule has 1 aromatic rings. The average molecular weight is 190 g/mol. The number of aromatic nitrogens is 1. The Balaban J connectivity index is 2.36. The van der Waals surface area contributed by atoms with Crippen molar-refractivity contribution in [2.75, 3.05) is 13.6 Å². The minimum absolute atomic E-state index is 0.0479. The Kier molecular flexibility index (Phi) is 2.33. The highest BCUT2D eigenvalue weighted by Crippen LogP contribution is 2.17. The SMILES string of the molecule is CC(=O)c1cc2c(cn1)CN(C)CC2. The van der Waals surface area contributed by atoms with Gasteiger partial charge in [0.25, 0.3) is 0 Å². The zero-order valence-electron chi connectivity index (χ0n) is 8.58. The largest absolute Gasteiger partial charge is 0.302 e. The fraction of sp³-hybridized carbons (Fsp3) is 0.455. The van der Waals surface area contributed by atoms with Crippen LogP contribution in [-0.2, 0) is 13.0 Å². The van der Waals surface area contributed by atoms with Gasteiger partial charge in [0.1, 0.15) is 5.69 Å². The quantitative estimate of drug-likeness (QED) is 0.625. The summed E-state index contributed by atoms with van der Waals surface area (Å²) in [4.78, 5) is 17.5. The van der Waals surface area contributed by atoms with Gasteiger partial charge in [0.2, 0.25) is 0 Å². The molecule has 2 heterocycles. The molecule has 0 unspecified atom stereocenters. The molecule has 0 aliphatic carbocycles. The summed E-state index contributed by atoms with van der Waals surface area (Å²) in [7, 11) is 2.10. The van der Waals surface area contributed by atoms with Crippen molar-refractivity contribution in [3.05, 3.63) is 29.1 Å². The molecule has 2 rings (SSSR count). The van der Waals surface area contributed by atoms with Gasteiger partial charge in [-0.05, 0) is 30.7 Å². The second kappa shape index (κ2) is 3.50. The highest BCUT2D eigenvalue weighted by molar-refractivity contribution is 5.92. The molecule has 74 valence electrons. The molecule has 1 aliphatic heterocycles. The van der Waals surface area contributed by atoms with Crippen LogP contribution in [0.3, 0.4) is 0 Å². The summed E-state index contributed by atoms with van der Waals surface area (Å²) in [5, 5.41) is 0. The van der Waals surface area contributed by atoms with Crippen LogP contribution in [0, 0.1) is 0 Å². The first-order valence-corrected chi connectivity index (χ1v) is 4.84. The molecular weight excluding hydrogens is 176 g/mol. The predicted molar refractivity (Wildman–Crippen MR) is 54.3 cm³/mol. The second-order valence-corrected chi connectivity index (χ2v) is 3.88. The van der Waals surface area contributed by atoms with Gasteiger partial charge in [-0.1, -0.05) is 0 Å². The molecule has 0 fully saturated rings. The van der Waals surface area contributed by atoms with Crippen molar-refractivity contribution in [1.29, 1.82) is 0 Å². The van der Waals surface area contributed by atoms with Crippen molar-refractivity contribution in [1.82, 2.24) is 9.88 Å². The van der Waals surface area contributed by atoms with E-state index in [1.165, 1.54) is 11.1 Å². The summed E-state index contributed by atoms with van der Waals surface area (Å²) in [5.41, 5.74) is 3.13. The Hall–Kier alpha value is -1.22. The van der Waals surface area contributed by atoms with Crippen molar-refractivity contribution < 1.29 is 4.79 Å². The van der Waals surface area contributed by atoms with E-state index in [4.69, 9.17) is 0 Å². The monoisotopic (exact) mass is 190 g/mol. The molecule has 0 amide bonds. The molecule has 0 saturated heterocycles. The molecule has 0 radical (unpaired) electrons. The first-order chi connectivity index (χ1) is 6.66. The van der Waals surface area contributed by atoms with E-state index in [0.717, 1.165) is 19.5 Å².